The fourth-order valence-corrected chi connectivity index (χ4v) is 2.28. The van der Waals surface area contributed by atoms with Crippen LogP contribution in [0.2, 0.25) is 0 Å². The maximum atomic E-state index is 10.1. The lowest BCUT2D eigenvalue weighted by Gasteiger charge is -2.35. The minimum absolute atomic E-state index is 0.0429. The Morgan fingerprint density at radius 1 is 1.47 bits per heavy atom. The molecule has 0 bridgehead atoms. The average molecular weight is 274 g/mol. The second-order valence-electron chi connectivity index (χ2n) is 5.08. The number of rotatable bonds is 9. The van der Waals surface area contributed by atoms with Gasteiger partial charge in [0.05, 0.1) is 18.3 Å². The van der Waals surface area contributed by atoms with E-state index in [1.165, 1.54) is 0 Å². The van der Waals surface area contributed by atoms with Crippen LogP contribution in [0.15, 0.2) is 0 Å². The third kappa shape index (κ3) is 7.01. The van der Waals surface area contributed by atoms with Crippen LogP contribution in [0.3, 0.4) is 0 Å². The predicted molar refractivity (Wildman–Crippen MR) is 70.9 cm³/mol. The van der Waals surface area contributed by atoms with Crippen LogP contribution in [0, 0.1) is 0 Å². The van der Waals surface area contributed by atoms with Crippen LogP contribution >= 0.6 is 0 Å². The highest BCUT2D eigenvalue weighted by Crippen LogP contribution is 2.24. The molecular weight excluding hydrogens is 248 g/mol. The molecule has 1 heterocycles. The predicted octanol–water partition coefficient (Wildman–Crippen LogP) is 1.66. The monoisotopic (exact) mass is 274 g/mol. The van der Waals surface area contributed by atoms with E-state index in [2.05, 4.69) is 6.92 Å². The molecule has 0 aromatic rings. The van der Waals surface area contributed by atoms with Crippen LogP contribution in [0.25, 0.3) is 0 Å². The third-order valence-corrected chi connectivity index (χ3v) is 3.16. The Labute approximate surface area is 115 Å². The SMILES string of the molecule is CCCC1OC(C)CC(CC(O)CCOCC=O)O1. The second kappa shape index (κ2) is 9.42. The molecule has 4 unspecified atom stereocenters. The maximum Gasteiger partial charge on any atom is 0.158 e. The second-order valence-corrected chi connectivity index (χ2v) is 5.08. The summed E-state index contributed by atoms with van der Waals surface area (Å²) in [5.41, 5.74) is 0. The number of aliphatic hydroxyl groups excluding tert-OH is 1. The summed E-state index contributed by atoms with van der Waals surface area (Å²) in [5.74, 6) is 0. The molecule has 1 aliphatic heterocycles. The lowest BCUT2D eigenvalue weighted by Crippen LogP contribution is -2.38. The van der Waals surface area contributed by atoms with Gasteiger partial charge in [-0.1, -0.05) is 13.3 Å². The van der Waals surface area contributed by atoms with Gasteiger partial charge in [0, 0.05) is 6.61 Å². The molecule has 1 fully saturated rings. The van der Waals surface area contributed by atoms with E-state index < -0.39 is 6.10 Å². The summed E-state index contributed by atoms with van der Waals surface area (Å²) >= 11 is 0. The van der Waals surface area contributed by atoms with Crippen molar-refractivity contribution in [1.29, 1.82) is 0 Å². The van der Waals surface area contributed by atoms with E-state index in [1.54, 1.807) is 0 Å². The summed E-state index contributed by atoms with van der Waals surface area (Å²) in [4.78, 5) is 10.1. The Bertz CT molecular complexity index is 246. The molecule has 0 spiro atoms. The highest BCUT2D eigenvalue weighted by Gasteiger charge is 2.28. The molecule has 1 rings (SSSR count). The van der Waals surface area contributed by atoms with Crippen LogP contribution in [0.1, 0.15) is 46.0 Å². The van der Waals surface area contributed by atoms with Crippen molar-refractivity contribution in [3.63, 3.8) is 0 Å². The van der Waals surface area contributed by atoms with Crippen molar-refractivity contribution >= 4 is 6.29 Å². The summed E-state index contributed by atoms with van der Waals surface area (Å²) in [6.45, 7) is 4.63. The van der Waals surface area contributed by atoms with E-state index in [1.807, 2.05) is 6.92 Å². The highest BCUT2D eigenvalue weighted by molar-refractivity contribution is 5.50. The van der Waals surface area contributed by atoms with Gasteiger partial charge in [-0.15, -0.1) is 0 Å². The molecule has 5 heteroatoms. The third-order valence-electron chi connectivity index (χ3n) is 3.16. The van der Waals surface area contributed by atoms with Gasteiger partial charge in [0.25, 0.3) is 0 Å². The van der Waals surface area contributed by atoms with Crippen molar-refractivity contribution < 1.29 is 24.1 Å². The standard InChI is InChI=1S/C14H26O5/c1-3-4-14-18-11(2)9-13(19-14)10-12(16)5-7-17-8-6-15/h6,11-14,16H,3-5,7-10H2,1-2H3. The molecule has 0 aromatic heterocycles. The Balaban J connectivity index is 2.23. The van der Waals surface area contributed by atoms with E-state index in [4.69, 9.17) is 14.2 Å². The lowest BCUT2D eigenvalue weighted by atomic mass is 10.0. The zero-order valence-electron chi connectivity index (χ0n) is 11.9. The molecule has 0 radical (unpaired) electrons. The fourth-order valence-electron chi connectivity index (χ4n) is 2.28. The van der Waals surface area contributed by atoms with Crippen molar-refractivity contribution in [2.75, 3.05) is 13.2 Å². The van der Waals surface area contributed by atoms with Crippen molar-refractivity contribution in [2.45, 2.75) is 70.6 Å². The van der Waals surface area contributed by atoms with Crippen LogP contribution in [-0.4, -0.2) is 49.2 Å². The van der Waals surface area contributed by atoms with Gasteiger partial charge in [0.1, 0.15) is 12.9 Å². The van der Waals surface area contributed by atoms with Gasteiger partial charge in [-0.2, -0.15) is 0 Å². The zero-order chi connectivity index (χ0) is 14.1. The lowest BCUT2D eigenvalue weighted by molar-refractivity contribution is -0.245. The molecule has 5 nitrogen and oxygen atoms in total. The topological polar surface area (TPSA) is 65.0 Å². The van der Waals surface area contributed by atoms with Gasteiger partial charge in [-0.05, 0) is 32.6 Å². The first-order valence-corrected chi connectivity index (χ1v) is 7.16. The number of hydrogen-bond acceptors (Lipinski definition) is 5. The first-order valence-electron chi connectivity index (χ1n) is 7.16. The maximum absolute atomic E-state index is 10.1. The smallest absolute Gasteiger partial charge is 0.158 e. The molecule has 0 aromatic carbocycles. The van der Waals surface area contributed by atoms with Gasteiger partial charge in [0.15, 0.2) is 6.29 Å². The summed E-state index contributed by atoms with van der Waals surface area (Å²) in [7, 11) is 0. The molecule has 0 aliphatic carbocycles. The van der Waals surface area contributed by atoms with Crippen molar-refractivity contribution in [3.8, 4) is 0 Å². The van der Waals surface area contributed by atoms with Crippen LogP contribution in [0.5, 0.6) is 0 Å². The van der Waals surface area contributed by atoms with Gasteiger partial charge in [0.2, 0.25) is 0 Å². The summed E-state index contributed by atoms with van der Waals surface area (Å²) in [6, 6.07) is 0. The number of aliphatic hydroxyl groups is 1. The van der Waals surface area contributed by atoms with Crippen molar-refractivity contribution in [2.24, 2.45) is 0 Å². The number of hydrogen-bond donors (Lipinski definition) is 1. The van der Waals surface area contributed by atoms with E-state index in [0.29, 0.717) is 25.7 Å². The minimum Gasteiger partial charge on any atom is -0.393 e. The fraction of sp³-hybridized carbons (Fsp3) is 0.929. The number of carbonyl (C=O) groups excluding carboxylic acids is 1. The molecular formula is C14H26O5. The van der Waals surface area contributed by atoms with Crippen LogP contribution in [-0.2, 0) is 19.0 Å². The molecule has 1 N–H and O–H groups in total. The Hall–Kier alpha value is -0.490. The molecule has 0 saturated carbocycles. The highest BCUT2D eigenvalue weighted by atomic mass is 16.7. The van der Waals surface area contributed by atoms with Gasteiger partial charge >= 0.3 is 0 Å². The van der Waals surface area contributed by atoms with E-state index >= 15 is 0 Å². The number of aldehydes is 1. The number of carbonyl (C=O) groups is 1. The molecule has 1 saturated heterocycles. The van der Waals surface area contributed by atoms with E-state index in [-0.39, 0.29) is 25.1 Å². The summed E-state index contributed by atoms with van der Waals surface area (Å²) in [6.07, 6.45) is 4.18. The molecule has 1 aliphatic rings. The van der Waals surface area contributed by atoms with Gasteiger partial charge in [-0.3, -0.25) is 0 Å². The molecule has 4 atom stereocenters. The van der Waals surface area contributed by atoms with Crippen molar-refractivity contribution in [3.05, 3.63) is 0 Å². The summed E-state index contributed by atoms with van der Waals surface area (Å²) < 4.78 is 16.5. The Kier molecular flexibility index (Phi) is 8.21. The zero-order valence-corrected chi connectivity index (χ0v) is 11.9. The summed E-state index contributed by atoms with van der Waals surface area (Å²) in [5, 5.41) is 9.91. The van der Waals surface area contributed by atoms with Gasteiger partial charge in [-0.25, -0.2) is 0 Å². The minimum atomic E-state index is -0.454. The molecule has 0 amide bonds. The van der Waals surface area contributed by atoms with Crippen molar-refractivity contribution in [1.82, 2.24) is 0 Å². The quantitative estimate of drug-likeness (QED) is 0.512. The van der Waals surface area contributed by atoms with E-state index in [9.17, 15) is 9.90 Å². The first-order chi connectivity index (χ1) is 9.15. The number of ether oxygens (including phenoxy) is 3. The molecule has 112 valence electrons. The van der Waals surface area contributed by atoms with Crippen LogP contribution in [0.4, 0.5) is 0 Å². The van der Waals surface area contributed by atoms with E-state index in [0.717, 1.165) is 19.3 Å². The van der Waals surface area contributed by atoms with Gasteiger partial charge < -0.3 is 24.1 Å². The first kappa shape index (κ1) is 16.6. The largest absolute Gasteiger partial charge is 0.393 e. The normalized spacial score (nSPS) is 29.1. The molecule has 19 heavy (non-hydrogen) atoms. The Morgan fingerprint density at radius 2 is 2.26 bits per heavy atom. The average Bonchev–Trinajstić information content (AvgIpc) is 2.34. The Morgan fingerprint density at radius 3 is 2.95 bits per heavy atom. The van der Waals surface area contributed by atoms with Crippen LogP contribution < -0.4 is 0 Å².